The van der Waals surface area contributed by atoms with Gasteiger partial charge in [-0.3, -0.25) is 4.68 Å². The minimum absolute atomic E-state index is 0.530. The highest BCUT2D eigenvalue weighted by Gasteiger charge is 2.16. The van der Waals surface area contributed by atoms with Crippen LogP contribution in [0.4, 0.5) is 0 Å². The Labute approximate surface area is 176 Å². The maximum Gasteiger partial charge on any atom is 0.202 e. The summed E-state index contributed by atoms with van der Waals surface area (Å²) < 4.78 is 7.19. The largest absolute Gasteiger partial charge is 0.250 e. The van der Waals surface area contributed by atoms with E-state index in [0.717, 1.165) is 28.1 Å². The summed E-state index contributed by atoms with van der Waals surface area (Å²) in [6.45, 7) is 4.54. The number of nitrogens with zero attached hydrogens (tertiary/aromatic N) is 10. The van der Waals surface area contributed by atoms with Crippen molar-refractivity contribution in [3.05, 3.63) is 72.6 Å². The van der Waals surface area contributed by atoms with Gasteiger partial charge in [-0.1, -0.05) is 18.2 Å². The minimum atomic E-state index is 0.530. The number of fused-ring (bicyclic) bond motifs is 3. The Morgan fingerprint density at radius 2 is 1.81 bits per heavy atom. The molecule has 0 saturated heterocycles. The zero-order valence-electron chi connectivity index (χ0n) is 17.0. The highest BCUT2D eigenvalue weighted by Crippen LogP contribution is 2.22. The predicted molar refractivity (Wildman–Crippen MR) is 114 cm³/mol. The molecule has 10 nitrogen and oxygen atoms in total. The van der Waals surface area contributed by atoms with Crippen molar-refractivity contribution in [2.24, 2.45) is 0 Å². The Morgan fingerprint density at radius 3 is 2.61 bits per heavy atom. The fourth-order valence-corrected chi connectivity index (χ4v) is 3.70. The predicted octanol–water partition coefficient (Wildman–Crippen LogP) is 2.65. The summed E-state index contributed by atoms with van der Waals surface area (Å²) >= 11 is 0. The molecule has 0 bridgehead atoms. The van der Waals surface area contributed by atoms with Gasteiger partial charge < -0.3 is 0 Å². The Balaban J connectivity index is 1.38. The van der Waals surface area contributed by atoms with Crippen LogP contribution in [0.25, 0.3) is 33.9 Å². The number of aromatic nitrogens is 10. The smallest absolute Gasteiger partial charge is 0.202 e. The van der Waals surface area contributed by atoms with E-state index in [1.165, 1.54) is 0 Å². The van der Waals surface area contributed by atoms with Gasteiger partial charge in [0.2, 0.25) is 5.82 Å². The zero-order valence-corrected chi connectivity index (χ0v) is 17.0. The average Bonchev–Trinajstić information content (AvgIpc) is 3.54. The second-order valence-corrected chi connectivity index (χ2v) is 7.39. The topological polar surface area (TPSA) is 96.5 Å². The Kier molecular flexibility index (Phi) is 3.72. The van der Waals surface area contributed by atoms with Gasteiger partial charge in [-0.2, -0.15) is 15.3 Å². The van der Waals surface area contributed by atoms with Crippen molar-refractivity contribution in [3.63, 3.8) is 0 Å². The third kappa shape index (κ3) is 2.88. The van der Waals surface area contributed by atoms with Gasteiger partial charge in [-0.15, -0.1) is 5.10 Å². The van der Waals surface area contributed by atoms with Crippen molar-refractivity contribution in [1.29, 1.82) is 0 Å². The number of benzene rings is 1. The number of para-hydroxylation sites is 1. The van der Waals surface area contributed by atoms with E-state index in [2.05, 4.69) is 25.4 Å². The van der Waals surface area contributed by atoms with E-state index in [4.69, 9.17) is 4.98 Å². The third-order valence-electron chi connectivity index (χ3n) is 5.16. The number of rotatable bonds is 4. The molecule has 31 heavy (non-hydrogen) atoms. The first kappa shape index (κ1) is 17.5. The Bertz CT molecular complexity index is 1530. The zero-order chi connectivity index (χ0) is 20.9. The number of hydrogen-bond acceptors (Lipinski definition) is 6. The average molecular weight is 410 g/mol. The van der Waals surface area contributed by atoms with Crippen molar-refractivity contribution in [2.75, 3.05) is 0 Å². The van der Waals surface area contributed by atoms with Gasteiger partial charge in [-0.25, -0.2) is 23.8 Å². The Morgan fingerprint density at radius 1 is 0.935 bits per heavy atom. The van der Waals surface area contributed by atoms with E-state index < -0.39 is 0 Å². The third-order valence-corrected chi connectivity index (χ3v) is 5.16. The molecule has 5 heterocycles. The monoisotopic (exact) mass is 410 g/mol. The summed E-state index contributed by atoms with van der Waals surface area (Å²) in [5.41, 5.74) is 5.12. The molecule has 0 saturated carbocycles. The molecule has 1 aromatic carbocycles. The second kappa shape index (κ2) is 6.59. The molecule has 0 amide bonds. The molecule has 0 spiro atoms. The fourth-order valence-electron chi connectivity index (χ4n) is 3.70. The van der Waals surface area contributed by atoms with Crippen LogP contribution in [0.15, 0.2) is 61.2 Å². The molecule has 0 radical (unpaired) electrons. The lowest BCUT2D eigenvalue weighted by molar-refractivity contribution is 0.492. The molecule has 0 fully saturated rings. The lowest BCUT2D eigenvalue weighted by Crippen LogP contribution is -2.11. The normalized spacial score (nSPS) is 11.7. The molecule has 0 aliphatic rings. The van der Waals surface area contributed by atoms with Gasteiger partial charge in [0.05, 0.1) is 23.0 Å². The number of hydrogen-bond donors (Lipinski definition) is 0. The van der Waals surface area contributed by atoms with Crippen molar-refractivity contribution in [1.82, 2.24) is 48.9 Å². The molecule has 0 aliphatic carbocycles. The molecular weight excluding hydrogens is 392 g/mol. The summed E-state index contributed by atoms with van der Waals surface area (Å²) in [6.07, 6.45) is 5.32. The molecule has 0 aliphatic heterocycles. The summed E-state index contributed by atoms with van der Waals surface area (Å²) in [5, 5.41) is 19.0. The SMILES string of the molecule is Cc1cc(C)n(Cn2ccc(-c3nc4c5cnn(-c6ccccc6)c5ncn4n3)n2)n1. The number of aryl methyl sites for hydroxylation is 2. The highest BCUT2D eigenvalue weighted by atomic mass is 15.4. The summed E-state index contributed by atoms with van der Waals surface area (Å²) in [7, 11) is 0. The van der Waals surface area contributed by atoms with Crippen LogP contribution in [-0.4, -0.2) is 48.9 Å². The molecule has 10 heteroatoms. The molecule has 0 N–H and O–H groups in total. The Hall–Kier alpha value is -4.34. The van der Waals surface area contributed by atoms with Crippen molar-refractivity contribution in [2.45, 2.75) is 20.5 Å². The second-order valence-electron chi connectivity index (χ2n) is 7.39. The van der Waals surface area contributed by atoms with E-state index >= 15 is 0 Å². The molecule has 6 rings (SSSR count). The van der Waals surface area contributed by atoms with Crippen LogP contribution in [-0.2, 0) is 6.67 Å². The van der Waals surface area contributed by atoms with Gasteiger partial charge >= 0.3 is 0 Å². The summed E-state index contributed by atoms with van der Waals surface area (Å²) in [5.74, 6) is 0.536. The first-order chi connectivity index (χ1) is 15.2. The maximum absolute atomic E-state index is 4.72. The van der Waals surface area contributed by atoms with Crippen LogP contribution in [0.2, 0.25) is 0 Å². The summed E-state index contributed by atoms with van der Waals surface area (Å²) in [6, 6.07) is 13.8. The van der Waals surface area contributed by atoms with Crippen molar-refractivity contribution in [3.8, 4) is 17.2 Å². The van der Waals surface area contributed by atoms with Gasteiger partial charge in [0.25, 0.3) is 0 Å². The first-order valence-electron chi connectivity index (χ1n) is 9.85. The van der Waals surface area contributed by atoms with Crippen LogP contribution in [0.3, 0.4) is 0 Å². The van der Waals surface area contributed by atoms with E-state index in [-0.39, 0.29) is 0 Å². The van der Waals surface area contributed by atoms with E-state index in [1.54, 1.807) is 21.7 Å². The maximum atomic E-state index is 4.72. The molecule has 0 atom stereocenters. The minimum Gasteiger partial charge on any atom is -0.250 e. The van der Waals surface area contributed by atoms with Gasteiger partial charge in [-0.05, 0) is 38.1 Å². The van der Waals surface area contributed by atoms with Crippen LogP contribution in [0.5, 0.6) is 0 Å². The van der Waals surface area contributed by atoms with Crippen molar-refractivity contribution < 1.29 is 0 Å². The van der Waals surface area contributed by atoms with Crippen LogP contribution >= 0.6 is 0 Å². The van der Waals surface area contributed by atoms with Crippen LogP contribution < -0.4 is 0 Å². The molecule has 152 valence electrons. The fraction of sp³-hybridized carbons (Fsp3) is 0.143. The van der Waals surface area contributed by atoms with E-state index in [9.17, 15) is 0 Å². The van der Waals surface area contributed by atoms with Gasteiger partial charge in [0, 0.05) is 11.9 Å². The highest BCUT2D eigenvalue weighted by molar-refractivity contribution is 5.89. The first-order valence-corrected chi connectivity index (χ1v) is 9.85. The van der Waals surface area contributed by atoms with E-state index in [0.29, 0.717) is 23.8 Å². The van der Waals surface area contributed by atoms with Gasteiger partial charge in [0.15, 0.2) is 11.3 Å². The molecular formula is C21H18N10. The standard InChI is InChI=1S/C21H18N10/c1-14-10-15(2)30(25-14)13-28-9-8-18(26-28)19-24-21-17-11-23-31(16-6-4-3-5-7-16)20(17)22-12-29(21)27-19/h3-12H,13H2,1-2H3. The van der Waals surface area contributed by atoms with Crippen LogP contribution in [0, 0.1) is 13.8 Å². The summed E-state index contributed by atoms with van der Waals surface area (Å²) in [4.78, 5) is 9.27. The quantitative estimate of drug-likeness (QED) is 0.443. The van der Waals surface area contributed by atoms with Crippen molar-refractivity contribution >= 4 is 16.7 Å². The van der Waals surface area contributed by atoms with Gasteiger partial charge in [0.1, 0.15) is 18.7 Å². The lowest BCUT2D eigenvalue weighted by atomic mass is 10.3. The lowest BCUT2D eigenvalue weighted by Gasteiger charge is -2.03. The van der Waals surface area contributed by atoms with E-state index in [1.807, 2.05) is 71.9 Å². The molecule has 0 unspecified atom stereocenters. The molecule has 5 aromatic heterocycles. The van der Waals surface area contributed by atoms with Crippen LogP contribution in [0.1, 0.15) is 11.4 Å². The molecule has 6 aromatic rings.